The Labute approximate surface area is 423 Å². The maximum absolute atomic E-state index is 12.9. The van der Waals surface area contributed by atoms with Gasteiger partial charge in [0.15, 0.2) is 5.78 Å². The van der Waals surface area contributed by atoms with Crippen molar-refractivity contribution in [1.82, 2.24) is 19.9 Å². The molecular formula is C48H70N4O21. The van der Waals surface area contributed by atoms with Crippen LogP contribution in [0.2, 0.25) is 0 Å². The smallest absolute Gasteiger partial charge is 0.410 e. The molecule has 2 aliphatic carbocycles. The number of hydroxylamine groups is 4. The van der Waals surface area contributed by atoms with Gasteiger partial charge in [-0.2, -0.15) is 0 Å². The molecule has 2 N–H and O–H groups in total. The number of hydrogen-bond donors (Lipinski definition) is 2. The van der Waals surface area contributed by atoms with E-state index in [9.17, 15) is 52.7 Å². The number of allylic oxidation sites excluding steroid dienone is 2. The summed E-state index contributed by atoms with van der Waals surface area (Å²) in [5.41, 5.74) is -1.95. The van der Waals surface area contributed by atoms with Crippen molar-refractivity contribution in [2.45, 2.75) is 122 Å². The first kappa shape index (κ1) is 61.0. The maximum atomic E-state index is 12.9. The Hall–Kier alpha value is -6.31. The van der Waals surface area contributed by atoms with Gasteiger partial charge in [0.05, 0.1) is 70.0 Å². The molecule has 0 bridgehead atoms. The van der Waals surface area contributed by atoms with Crippen molar-refractivity contribution in [2.24, 2.45) is 10.8 Å². The molecule has 25 nitrogen and oxygen atoms in total. The fourth-order valence-electron chi connectivity index (χ4n) is 7.38. The van der Waals surface area contributed by atoms with Gasteiger partial charge >= 0.3 is 36.1 Å². The van der Waals surface area contributed by atoms with Crippen LogP contribution < -0.4 is 0 Å². The van der Waals surface area contributed by atoms with Crippen molar-refractivity contribution in [2.75, 3.05) is 80.0 Å². The Balaban J connectivity index is 0.000000429. The zero-order chi connectivity index (χ0) is 54.0. The van der Waals surface area contributed by atoms with Crippen molar-refractivity contribution < 1.29 is 101 Å². The summed E-state index contributed by atoms with van der Waals surface area (Å²) in [5, 5.41) is 18.3. The third-order valence-electron chi connectivity index (χ3n) is 12.0. The minimum absolute atomic E-state index is 0.0138. The first-order valence-corrected chi connectivity index (χ1v) is 24.2. The number of ether oxygens (including phenoxy) is 6. The van der Waals surface area contributed by atoms with E-state index in [1.807, 2.05) is 6.08 Å². The quantitative estimate of drug-likeness (QED) is 0.0713. The molecule has 0 aromatic heterocycles. The molecule has 0 aromatic carbocycles. The van der Waals surface area contributed by atoms with Crippen molar-refractivity contribution in [3.8, 4) is 0 Å². The summed E-state index contributed by atoms with van der Waals surface area (Å²) >= 11 is 0. The average Bonchev–Trinajstić information content (AvgIpc) is 3.82. The summed E-state index contributed by atoms with van der Waals surface area (Å²) in [4.78, 5) is 143. The van der Waals surface area contributed by atoms with E-state index >= 15 is 0 Å². The minimum Gasteiger partial charge on any atom is -0.481 e. The molecule has 4 rings (SSSR count). The molecule has 73 heavy (non-hydrogen) atoms. The second-order valence-electron chi connectivity index (χ2n) is 18.2. The highest BCUT2D eigenvalue weighted by molar-refractivity contribution is 6.02. The molecule has 0 radical (unpaired) electrons. The molecule has 6 amide bonds. The number of Topliss-reactive ketones (excluding diaryl/α,β-unsaturated/α-hetero) is 1. The molecule has 4 atom stereocenters. The third-order valence-corrected chi connectivity index (χ3v) is 12.0. The van der Waals surface area contributed by atoms with Gasteiger partial charge in [-0.1, -0.05) is 12.2 Å². The van der Waals surface area contributed by atoms with Gasteiger partial charge in [0.2, 0.25) is 0 Å². The zero-order valence-electron chi connectivity index (χ0n) is 42.1. The third kappa shape index (κ3) is 22.1. The average molecular weight is 1040 g/mol. The number of carbonyl (C=O) groups excluding carboxylic acids is 9. The van der Waals surface area contributed by atoms with Crippen LogP contribution >= 0.6 is 0 Å². The minimum atomic E-state index is -1.16. The number of carboxylic acid groups (broad SMARTS) is 2. The summed E-state index contributed by atoms with van der Waals surface area (Å²) in [5.74, 6) is -5.73. The van der Waals surface area contributed by atoms with Crippen LogP contribution in [0.3, 0.4) is 0 Å². The highest BCUT2D eigenvalue weighted by atomic mass is 16.7. The molecule has 0 spiro atoms. The molecule has 0 unspecified atom stereocenters. The highest BCUT2D eigenvalue weighted by Gasteiger charge is 2.43. The predicted octanol–water partition coefficient (Wildman–Crippen LogP) is 3.31. The molecule has 2 heterocycles. The van der Waals surface area contributed by atoms with Crippen LogP contribution in [0.5, 0.6) is 0 Å². The van der Waals surface area contributed by atoms with Crippen LogP contribution in [0.25, 0.3) is 0 Å². The number of carbonyl (C=O) groups is 11. The molecule has 0 saturated carbocycles. The van der Waals surface area contributed by atoms with E-state index in [-0.39, 0.29) is 57.5 Å². The van der Waals surface area contributed by atoms with Crippen LogP contribution in [0.1, 0.15) is 110 Å². The molecular weight excluding hydrogens is 969 g/mol. The number of amides is 6. The number of nitrogens with zero attached hydrogens (tertiary/aromatic N) is 4. The van der Waals surface area contributed by atoms with E-state index in [2.05, 4.69) is 0 Å². The monoisotopic (exact) mass is 1040 g/mol. The lowest BCUT2D eigenvalue weighted by molar-refractivity contribution is -0.205. The van der Waals surface area contributed by atoms with Gasteiger partial charge in [0.1, 0.15) is 18.8 Å². The Morgan fingerprint density at radius 1 is 0.548 bits per heavy atom. The van der Waals surface area contributed by atoms with E-state index in [4.69, 9.17) is 48.3 Å². The van der Waals surface area contributed by atoms with Crippen LogP contribution in [0.4, 0.5) is 9.59 Å². The fourth-order valence-corrected chi connectivity index (χ4v) is 7.38. The van der Waals surface area contributed by atoms with Gasteiger partial charge in [0, 0.05) is 52.8 Å². The number of ketones is 1. The van der Waals surface area contributed by atoms with Crippen LogP contribution in [-0.4, -0.2) is 188 Å². The molecule has 4 aliphatic rings. The number of hydrogen-bond acceptors (Lipinski definition) is 19. The lowest BCUT2D eigenvalue weighted by Gasteiger charge is -2.31. The second kappa shape index (κ2) is 31.3. The molecule has 2 saturated heterocycles. The Morgan fingerprint density at radius 3 is 1.33 bits per heavy atom. The Morgan fingerprint density at radius 2 is 0.932 bits per heavy atom. The van der Waals surface area contributed by atoms with Crippen LogP contribution in [0.15, 0.2) is 24.3 Å². The SMILES string of the molecule is CN(CC(=O)CCCOCCOCCOCCOCCC(=O)O)C(=O)O[C@@H]1/C=C/CC[C@](C)(C(=O)ON2C(=O)CCC2=O)CC1.CN(CC(=O)O)C(=O)O[C@@H]1/C=C/CC[C@](C)(C(=O)ON2C(=O)CCC2=O)CC1. The second-order valence-corrected chi connectivity index (χ2v) is 18.2. The molecule has 0 aromatic rings. The summed E-state index contributed by atoms with van der Waals surface area (Å²) in [6, 6.07) is 0. The Bertz CT molecular complexity index is 1980. The predicted molar refractivity (Wildman–Crippen MR) is 249 cm³/mol. The standard InChI is InChI=1S/C30H46N2O13.C18H24N2O8/c1-30(28(38)45-32-25(34)8-9-26(32)35)12-4-3-7-24(10-13-30)44-29(39)31(2)22-23(33)6-5-14-40-16-18-42-20-21-43-19-17-41-15-11-27(36)37;1-18(16(25)28-20-13(21)6-7-14(20)22)9-4-3-5-12(8-10-18)27-17(26)19(2)11-15(23)24/h3,7,24H,4-6,8-22H2,1-2H3,(H,36,37);3,5,12H,4,6-11H2,1-2H3,(H,23,24)/b7-3+;5-3+/t24-,30+;12-,18+/m11/s1. The molecule has 408 valence electrons. The largest absolute Gasteiger partial charge is 0.481 e. The first-order chi connectivity index (χ1) is 34.6. The topological polar surface area (TPSA) is 315 Å². The number of carboxylic acids is 2. The maximum Gasteiger partial charge on any atom is 0.410 e. The van der Waals surface area contributed by atoms with Gasteiger partial charge in [-0.3, -0.25) is 33.6 Å². The van der Waals surface area contributed by atoms with Crippen molar-refractivity contribution >= 4 is 65.5 Å². The number of imide groups is 2. The normalized spacial score (nSPS) is 22.8. The van der Waals surface area contributed by atoms with Crippen molar-refractivity contribution in [3.05, 3.63) is 24.3 Å². The van der Waals surface area contributed by atoms with Gasteiger partial charge in [-0.15, -0.1) is 10.1 Å². The van der Waals surface area contributed by atoms with Crippen molar-refractivity contribution in [3.63, 3.8) is 0 Å². The van der Waals surface area contributed by atoms with Gasteiger partial charge < -0.3 is 58.1 Å². The van der Waals surface area contributed by atoms with E-state index in [0.717, 1.165) is 4.90 Å². The van der Waals surface area contributed by atoms with Gasteiger partial charge in [-0.25, -0.2) is 19.2 Å². The summed E-state index contributed by atoms with van der Waals surface area (Å²) in [6.45, 7) is 5.44. The summed E-state index contributed by atoms with van der Waals surface area (Å²) in [6.07, 6.45) is 8.19. The summed E-state index contributed by atoms with van der Waals surface area (Å²) in [7, 11) is 2.79. The lowest BCUT2D eigenvalue weighted by Crippen LogP contribution is -2.40. The van der Waals surface area contributed by atoms with E-state index in [0.29, 0.717) is 114 Å². The number of aliphatic carboxylic acids is 2. The van der Waals surface area contributed by atoms with Crippen LogP contribution in [-0.2, 0) is 81.2 Å². The van der Waals surface area contributed by atoms with E-state index < -0.39 is 89.3 Å². The zero-order valence-corrected chi connectivity index (χ0v) is 42.1. The first-order valence-electron chi connectivity index (χ1n) is 24.2. The number of likely N-dealkylation sites (N-methyl/N-ethyl adjacent to an activating group) is 2. The van der Waals surface area contributed by atoms with Crippen LogP contribution in [0, 0.1) is 10.8 Å². The van der Waals surface area contributed by atoms with Gasteiger partial charge in [0.25, 0.3) is 23.6 Å². The highest BCUT2D eigenvalue weighted by Crippen LogP contribution is 2.36. The number of rotatable bonds is 26. The van der Waals surface area contributed by atoms with Gasteiger partial charge in [-0.05, 0) is 83.8 Å². The molecule has 2 aliphatic heterocycles. The molecule has 2 fully saturated rings. The fraction of sp³-hybridized carbons (Fsp3) is 0.688. The summed E-state index contributed by atoms with van der Waals surface area (Å²) < 4.78 is 32.1. The molecule has 25 heteroatoms. The van der Waals surface area contributed by atoms with E-state index in [1.54, 1.807) is 32.1 Å². The lowest BCUT2D eigenvalue weighted by atomic mass is 9.79. The Kier molecular flexibility index (Phi) is 26.2. The van der Waals surface area contributed by atoms with Crippen molar-refractivity contribution in [1.29, 1.82) is 0 Å². The van der Waals surface area contributed by atoms with E-state index in [1.165, 1.54) is 19.0 Å².